The summed E-state index contributed by atoms with van der Waals surface area (Å²) in [5.74, 6) is 0.663. The Morgan fingerprint density at radius 1 is 1.50 bits per heavy atom. The Labute approximate surface area is 94.2 Å². The number of nitrogens with two attached hydrogens (primary N) is 1. The summed E-state index contributed by atoms with van der Waals surface area (Å²) in [6.07, 6.45) is 0.817. The summed E-state index contributed by atoms with van der Waals surface area (Å²) in [5.41, 5.74) is 5.53. The van der Waals surface area contributed by atoms with Gasteiger partial charge in [0.2, 0.25) is 0 Å². The Balaban J connectivity index is 2.67. The van der Waals surface area contributed by atoms with E-state index in [0.29, 0.717) is 17.3 Å². The van der Waals surface area contributed by atoms with Crippen molar-refractivity contribution in [2.75, 3.05) is 11.1 Å². The molecule has 0 unspecified atom stereocenters. The summed E-state index contributed by atoms with van der Waals surface area (Å²) < 4.78 is 5.06. The summed E-state index contributed by atoms with van der Waals surface area (Å²) >= 11 is 0. The van der Waals surface area contributed by atoms with Crippen LogP contribution in [-0.4, -0.2) is 21.7 Å². The molecule has 16 heavy (non-hydrogen) atoms. The number of hydrogen-bond donors (Lipinski definition) is 2. The van der Waals surface area contributed by atoms with Crippen LogP contribution in [0.1, 0.15) is 26.5 Å². The number of hydrogen-bond acceptors (Lipinski definition) is 5. The maximum absolute atomic E-state index is 11.4. The lowest BCUT2D eigenvalue weighted by Gasteiger charge is -2.19. The molecule has 0 aromatic carbocycles. The van der Waals surface area contributed by atoms with Gasteiger partial charge in [-0.15, -0.1) is 0 Å². The fraction of sp³-hybridized carbons (Fsp3) is 0.500. The van der Waals surface area contributed by atoms with Crippen molar-refractivity contribution in [3.05, 3.63) is 11.9 Å². The molecule has 0 spiro atoms. The zero-order chi connectivity index (χ0) is 12.3. The minimum atomic E-state index is -0.564. The molecule has 0 aliphatic carbocycles. The van der Waals surface area contributed by atoms with Crippen LogP contribution in [0.5, 0.6) is 0 Å². The first-order valence-corrected chi connectivity index (χ1v) is 4.87. The molecule has 0 aliphatic heterocycles. The Bertz CT molecular complexity index is 398. The maximum atomic E-state index is 11.4. The largest absolute Gasteiger partial charge is 0.444 e. The lowest BCUT2D eigenvalue weighted by atomic mass is 10.2. The number of nitrogen functional groups attached to an aromatic ring is 1. The molecule has 0 saturated heterocycles. The van der Waals surface area contributed by atoms with Crippen molar-refractivity contribution in [3.63, 3.8) is 0 Å². The highest BCUT2D eigenvalue weighted by atomic mass is 16.6. The van der Waals surface area contributed by atoms with Crippen LogP contribution in [0.4, 0.5) is 16.4 Å². The minimum absolute atomic E-state index is 0.320. The molecule has 3 N–H and O–H groups in total. The predicted molar refractivity (Wildman–Crippen MR) is 61.0 cm³/mol. The van der Waals surface area contributed by atoms with E-state index in [0.717, 1.165) is 0 Å². The monoisotopic (exact) mass is 224 g/mol. The molecule has 6 nitrogen and oxygen atoms in total. The molecule has 1 aromatic heterocycles. The topological polar surface area (TPSA) is 90.1 Å². The van der Waals surface area contributed by atoms with Gasteiger partial charge in [0.05, 0.1) is 11.9 Å². The molecule has 1 amide bonds. The highest BCUT2D eigenvalue weighted by Crippen LogP contribution is 2.11. The zero-order valence-corrected chi connectivity index (χ0v) is 9.87. The van der Waals surface area contributed by atoms with Crippen molar-refractivity contribution >= 4 is 17.7 Å². The summed E-state index contributed by atoms with van der Waals surface area (Å²) in [7, 11) is 0. The third-order valence-electron chi connectivity index (χ3n) is 1.61. The number of aromatic nitrogens is 2. The Morgan fingerprint density at radius 2 is 2.12 bits per heavy atom. The fourth-order valence-electron chi connectivity index (χ4n) is 0.959. The molecule has 0 radical (unpaired) electrons. The molecule has 1 heterocycles. The molecule has 0 bridgehead atoms. The van der Waals surface area contributed by atoms with E-state index in [1.165, 1.54) is 6.20 Å². The van der Waals surface area contributed by atoms with Crippen molar-refractivity contribution < 1.29 is 9.53 Å². The van der Waals surface area contributed by atoms with Gasteiger partial charge in [-0.25, -0.2) is 14.8 Å². The number of amides is 1. The van der Waals surface area contributed by atoms with Gasteiger partial charge in [0, 0.05) is 0 Å². The summed E-state index contributed by atoms with van der Waals surface area (Å²) in [6, 6.07) is 0. The summed E-state index contributed by atoms with van der Waals surface area (Å²) in [6.45, 7) is 7.06. The van der Waals surface area contributed by atoms with Crippen molar-refractivity contribution in [1.82, 2.24) is 9.97 Å². The number of aryl methyl sites for hydroxylation is 1. The van der Waals surface area contributed by atoms with Crippen LogP contribution in [0.2, 0.25) is 0 Å². The van der Waals surface area contributed by atoms with E-state index >= 15 is 0 Å². The first kappa shape index (κ1) is 12.2. The van der Waals surface area contributed by atoms with Crippen LogP contribution in [0.15, 0.2) is 6.20 Å². The van der Waals surface area contributed by atoms with Crippen molar-refractivity contribution in [2.45, 2.75) is 33.3 Å². The molecule has 0 saturated carbocycles. The van der Waals surface area contributed by atoms with Gasteiger partial charge in [0.1, 0.15) is 11.4 Å². The molecule has 0 atom stereocenters. The normalized spacial score (nSPS) is 11.0. The van der Waals surface area contributed by atoms with Gasteiger partial charge in [0.25, 0.3) is 0 Å². The first-order chi connectivity index (χ1) is 7.28. The van der Waals surface area contributed by atoms with E-state index in [1.54, 1.807) is 27.7 Å². The molecule has 88 valence electrons. The zero-order valence-electron chi connectivity index (χ0n) is 9.87. The van der Waals surface area contributed by atoms with Crippen LogP contribution in [0.25, 0.3) is 0 Å². The average Bonchev–Trinajstić information content (AvgIpc) is 2.08. The van der Waals surface area contributed by atoms with E-state index in [4.69, 9.17) is 10.5 Å². The van der Waals surface area contributed by atoms with Crippen LogP contribution in [0.3, 0.4) is 0 Å². The number of rotatable bonds is 1. The Morgan fingerprint density at radius 3 is 2.62 bits per heavy atom. The van der Waals surface area contributed by atoms with Gasteiger partial charge in [-0.05, 0) is 27.7 Å². The van der Waals surface area contributed by atoms with Gasteiger partial charge in [-0.1, -0.05) is 0 Å². The van der Waals surface area contributed by atoms with Crippen LogP contribution >= 0.6 is 0 Å². The second-order valence-corrected chi connectivity index (χ2v) is 4.35. The summed E-state index contributed by atoms with van der Waals surface area (Å²) in [5, 5.41) is 2.48. The van der Waals surface area contributed by atoms with Gasteiger partial charge in [-0.2, -0.15) is 0 Å². The number of carbonyl (C=O) groups excluding carboxylic acids is 1. The number of anilines is 2. The standard InChI is InChI=1S/C10H16N4O2/c1-6-8(11)12-5-7(13-6)14-9(15)16-10(2,3)4/h5H,1-4H3,(H2,11,12)(H,13,14,15). The third kappa shape index (κ3) is 3.72. The third-order valence-corrected chi connectivity index (χ3v) is 1.61. The highest BCUT2D eigenvalue weighted by Gasteiger charge is 2.16. The van der Waals surface area contributed by atoms with E-state index in [9.17, 15) is 4.79 Å². The van der Waals surface area contributed by atoms with Crippen LogP contribution in [-0.2, 0) is 4.74 Å². The maximum Gasteiger partial charge on any atom is 0.413 e. The van der Waals surface area contributed by atoms with Gasteiger partial charge in [0.15, 0.2) is 5.82 Å². The van der Waals surface area contributed by atoms with E-state index in [1.807, 2.05) is 0 Å². The van der Waals surface area contributed by atoms with E-state index in [2.05, 4.69) is 15.3 Å². The first-order valence-electron chi connectivity index (χ1n) is 4.87. The van der Waals surface area contributed by atoms with Gasteiger partial charge in [-0.3, -0.25) is 5.32 Å². The fourth-order valence-corrected chi connectivity index (χ4v) is 0.959. The van der Waals surface area contributed by atoms with Crippen molar-refractivity contribution in [2.24, 2.45) is 0 Å². The lowest BCUT2D eigenvalue weighted by molar-refractivity contribution is 0.0635. The van der Waals surface area contributed by atoms with Crippen LogP contribution < -0.4 is 11.1 Å². The minimum Gasteiger partial charge on any atom is -0.444 e. The van der Waals surface area contributed by atoms with Gasteiger partial charge < -0.3 is 10.5 Å². The van der Waals surface area contributed by atoms with E-state index < -0.39 is 11.7 Å². The molecular formula is C10H16N4O2. The SMILES string of the molecule is Cc1nc(NC(=O)OC(C)(C)C)cnc1N. The van der Waals surface area contributed by atoms with Crippen LogP contribution in [0, 0.1) is 6.92 Å². The quantitative estimate of drug-likeness (QED) is 0.757. The lowest BCUT2D eigenvalue weighted by Crippen LogP contribution is -2.27. The van der Waals surface area contributed by atoms with Crippen molar-refractivity contribution in [3.8, 4) is 0 Å². The molecular weight excluding hydrogens is 208 g/mol. The molecule has 0 fully saturated rings. The molecule has 1 aromatic rings. The molecule has 0 aliphatic rings. The van der Waals surface area contributed by atoms with Gasteiger partial charge >= 0.3 is 6.09 Å². The number of carbonyl (C=O) groups is 1. The number of nitrogens with one attached hydrogen (secondary N) is 1. The second kappa shape index (κ2) is 4.34. The second-order valence-electron chi connectivity index (χ2n) is 4.35. The number of ether oxygens (including phenoxy) is 1. The van der Waals surface area contributed by atoms with Crippen molar-refractivity contribution in [1.29, 1.82) is 0 Å². The Hall–Kier alpha value is -1.85. The highest BCUT2D eigenvalue weighted by molar-refractivity contribution is 5.83. The number of nitrogens with zero attached hydrogens (tertiary/aromatic N) is 2. The predicted octanol–water partition coefficient (Wildman–Crippen LogP) is 1.71. The smallest absolute Gasteiger partial charge is 0.413 e. The van der Waals surface area contributed by atoms with E-state index in [-0.39, 0.29) is 0 Å². The summed E-state index contributed by atoms with van der Waals surface area (Å²) in [4.78, 5) is 19.3. The average molecular weight is 224 g/mol. The molecule has 1 rings (SSSR count). The Kier molecular flexibility index (Phi) is 3.31. The molecule has 6 heteroatoms.